The van der Waals surface area contributed by atoms with Crippen LogP contribution in [0.15, 0.2) is 72.8 Å². The van der Waals surface area contributed by atoms with Gasteiger partial charge in [0.2, 0.25) is 0 Å². The van der Waals surface area contributed by atoms with Gasteiger partial charge in [0.25, 0.3) is 0 Å². The van der Waals surface area contributed by atoms with Crippen molar-refractivity contribution in [3.63, 3.8) is 0 Å². The molecule has 0 aliphatic carbocycles. The zero-order valence-electron chi connectivity index (χ0n) is 25.1. The highest BCUT2D eigenvalue weighted by Crippen LogP contribution is 2.39. The lowest BCUT2D eigenvalue weighted by Gasteiger charge is -2.39. The van der Waals surface area contributed by atoms with Crippen LogP contribution < -0.4 is 10.6 Å². The Hall–Kier alpha value is -3.80. The van der Waals surface area contributed by atoms with E-state index in [0.29, 0.717) is 6.54 Å². The molecule has 44 heavy (non-hydrogen) atoms. The van der Waals surface area contributed by atoms with Crippen LogP contribution in [-0.2, 0) is 36.9 Å². The number of urea groups is 1. The van der Waals surface area contributed by atoms with E-state index in [9.17, 15) is 14.7 Å². The highest BCUT2D eigenvalue weighted by Gasteiger charge is 2.33. The largest absolute Gasteiger partial charge is 0.465 e. The molecule has 0 aromatic heterocycles. The molecule has 234 valence electrons. The molecule has 0 spiro atoms. The van der Waals surface area contributed by atoms with Crippen LogP contribution in [0, 0.1) is 0 Å². The highest BCUT2D eigenvalue weighted by atomic mass is 16.7. The van der Waals surface area contributed by atoms with Crippen LogP contribution in [0.3, 0.4) is 0 Å². The van der Waals surface area contributed by atoms with Crippen molar-refractivity contribution in [1.82, 2.24) is 15.5 Å². The number of carbonyl (C=O) groups excluding carboxylic acids is 2. The minimum absolute atomic E-state index is 0.00390. The molecule has 0 radical (unpaired) electrons. The second-order valence-electron chi connectivity index (χ2n) is 10.9. The molecule has 0 bridgehead atoms. The molecule has 2 fully saturated rings. The summed E-state index contributed by atoms with van der Waals surface area (Å²) in [5.41, 5.74) is 5.77. The Kier molecular flexibility index (Phi) is 11.3. The quantitative estimate of drug-likeness (QED) is 0.281. The third-order valence-electron chi connectivity index (χ3n) is 7.75. The first-order valence-corrected chi connectivity index (χ1v) is 15.2. The molecule has 3 atom stereocenters. The fraction of sp³-hybridized carbons (Fsp3) is 0.412. The molecule has 3 N–H and O–H groups in total. The number of benzene rings is 3. The topological polar surface area (TPSA) is 119 Å². The van der Waals surface area contributed by atoms with E-state index in [0.717, 1.165) is 72.6 Å². The van der Waals surface area contributed by atoms with Gasteiger partial charge in [-0.25, -0.2) is 4.79 Å². The van der Waals surface area contributed by atoms with E-state index in [1.165, 1.54) is 0 Å². The van der Waals surface area contributed by atoms with Gasteiger partial charge in [0.15, 0.2) is 6.29 Å². The molecule has 2 aliphatic rings. The van der Waals surface area contributed by atoms with Crippen LogP contribution >= 0.6 is 0 Å². The molecule has 10 heteroatoms. The van der Waals surface area contributed by atoms with Gasteiger partial charge in [0.1, 0.15) is 6.54 Å². The van der Waals surface area contributed by atoms with E-state index in [4.69, 9.17) is 18.9 Å². The molecule has 3 unspecified atom stereocenters. The zero-order valence-corrected chi connectivity index (χ0v) is 25.1. The number of amides is 2. The first kappa shape index (κ1) is 31.6. The number of hydrogen-bond acceptors (Lipinski definition) is 8. The molecule has 2 saturated heterocycles. The van der Waals surface area contributed by atoms with Gasteiger partial charge >= 0.3 is 12.0 Å². The smallest absolute Gasteiger partial charge is 0.325 e. The number of rotatable bonds is 11. The summed E-state index contributed by atoms with van der Waals surface area (Å²) in [6.45, 7) is 6.14. The lowest BCUT2D eigenvalue weighted by atomic mass is 9.98. The molecular formula is C34H41N3O7. The number of morpholine rings is 1. The van der Waals surface area contributed by atoms with Crippen LogP contribution in [0.4, 0.5) is 4.79 Å². The third kappa shape index (κ3) is 8.87. The van der Waals surface area contributed by atoms with Gasteiger partial charge in [0.05, 0.1) is 38.6 Å². The summed E-state index contributed by atoms with van der Waals surface area (Å²) in [4.78, 5) is 26.0. The fourth-order valence-corrected chi connectivity index (χ4v) is 5.44. The summed E-state index contributed by atoms with van der Waals surface area (Å²) in [7, 11) is 0. The van der Waals surface area contributed by atoms with Crippen molar-refractivity contribution in [2.45, 2.75) is 45.0 Å². The fourth-order valence-electron chi connectivity index (χ4n) is 5.44. The summed E-state index contributed by atoms with van der Waals surface area (Å²) in [6, 6.07) is 23.6. The van der Waals surface area contributed by atoms with Gasteiger partial charge < -0.3 is 34.7 Å². The minimum Gasteiger partial charge on any atom is -0.465 e. The van der Waals surface area contributed by atoms with Crippen molar-refractivity contribution in [3.8, 4) is 11.1 Å². The Morgan fingerprint density at radius 1 is 0.909 bits per heavy atom. The maximum atomic E-state index is 12.1. The van der Waals surface area contributed by atoms with E-state index in [2.05, 4.69) is 21.6 Å². The summed E-state index contributed by atoms with van der Waals surface area (Å²) < 4.78 is 23.5. The molecule has 0 saturated carbocycles. The Labute approximate surface area is 258 Å². The monoisotopic (exact) mass is 603 g/mol. The Bertz CT molecular complexity index is 1380. The first-order chi connectivity index (χ1) is 21.5. The van der Waals surface area contributed by atoms with Crippen LogP contribution in [0.25, 0.3) is 11.1 Å². The predicted octanol–water partition coefficient (Wildman–Crippen LogP) is 4.09. The van der Waals surface area contributed by atoms with E-state index in [1.54, 1.807) is 6.92 Å². The van der Waals surface area contributed by atoms with Crippen molar-refractivity contribution in [3.05, 3.63) is 95.1 Å². The zero-order chi connectivity index (χ0) is 30.7. The first-order valence-electron chi connectivity index (χ1n) is 15.2. The van der Waals surface area contributed by atoms with Gasteiger partial charge in [-0.05, 0) is 46.9 Å². The summed E-state index contributed by atoms with van der Waals surface area (Å²) in [5, 5.41) is 14.8. The van der Waals surface area contributed by atoms with Crippen LogP contribution in [0.5, 0.6) is 0 Å². The number of nitrogens with zero attached hydrogens (tertiary/aromatic N) is 1. The molecule has 3 aromatic carbocycles. The van der Waals surface area contributed by atoms with E-state index in [-0.39, 0.29) is 32.0 Å². The van der Waals surface area contributed by atoms with Gasteiger partial charge in [-0.3, -0.25) is 9.69 Å². The lowest BCUT2D eigenvalue weighted by molar-refractivity contribution is -0.253. The van der Waals surface area contributed by atoms with Crippen LogP contribution in [-0.4, -0.2) is 74.1 Å². The lowest BCUT2D eigenvalue weighted by Crippen LogP contribution is -2.44. The average molecular weight is 604 g/mol. The predicted molar refractivity (Wildman–Crippen MR) is 164 cm³/mol. The van der Waals surface area contributed by atoms with Crippen molar-refractivity contribution >= 4 is 12.0 Å². The van der Waals surface area contributed by atoms with E-state index >= 15 is 0 Å². The van der Waals surface area contributed by atoms with Gasteiger partial charge in [-0.2, -0.15) is 0 Å². The number of ether oxygens (including phenoxy) is 4. The average Bonchev–Trinajstić information content (AvgIpc) is 3.07. The number of hydrogen-bond donors (Lipinski definition) is 3. The number of esters is 1. The van der Waals surface area contributed by atoms with Gasteiger partial charge in [0, 0.05) is 38.2 Å². The standard InChI is InChI=1S/C34H41N3O7/c1-2-42-32(39)21-36-34(40)35-20-25-5-3-6-27(17-25)28-7-4-8-29(18-28)33-43-30(22-37-13-15-41-16-14-37)19-31(44-33)26-11-9-24(23-38)10-12-26/h3-12,17-18,30-31,33,38H,2,13-16,19-23H2,1H3,(H2,35,36,40). The number of nitrogens with one attached hydrogen (secondary N) is 2. The summed E-state index contributed by atoms with van der Waals surface area (Å²) in [6.07, 6.45) is 0.00204. The van der Waals surface area contributed by atoms with Crippen molar-refractivity contribution in [2.75, 3.05) is 46.0 Å². The van der Waals surface area contributed by atoms with Gasteiger partial charge in [-0.15, -0.1) is 0 Å². The van der Waals surface area contributed by atoms with E-state index < -0.39 is 18.3 Å². The number of carbonyl (C=O) groups is 2. The van der Waals surface area contributed by atoms with Crippen LogP contribution in [0.2, 0.25) is 0 Å². The SMILES string of the molecule is CCOC(=O)CNC(=O)NCc1cccc(-c2cccc(C3OC(CN4CCOCC4)CC(c4ccc(CO)cc4)O3)c2)c1. The molecule has 3 aromatic rings. The maximum Gasteiger partial charge on any atom is 0.325 e. The Morgan fingerprint density at radius 2 is 1.66 bits per heavy atom. The van der Waals surface area contributed by atoms with Gasteiger partial charge in [-0.1, -0.05) is 60.7 Å². The molecule has 2 heterocycles. The minimum atomic E-state index is -0.551. The Balaban J connectivity index is 1.29. The Morgan fingerprint density at radius 3 is 2.41 bits per heavy atom. The van der Waals surface area contributed by atoms with Crippen LogP contribution in [0.1, 0.15) is 48.0 Å². The number of aliphatic hydroxyl groups is 1. The van der Waals surface area contributed by atoms with E-state index in [1.807, 2.05) is 66.7 Å². The normalized spacial score (nSPS) is 20.5. The summed E-state index contributed by atoms with van der Waals surface area (Å²) in [5.74, 6) is -0.478. The summed E-state index contributed by atoms with van der Waals surface area (Å²) >= 11 is 0. The third-order valence-corrected chi connectivity index (χ3v) is 7.75. The second-order valence-corrected chi connectivity index (χ2v) is 10.9. The molecule has 5 rings (SSSR count). The van der Waals surface area contributed by atoms with Crippen molar-refractivity contribution in [2.24, 2.45) is 0 Å². The van der Waals surface area contributed by atoms with Crippen molar-refractivity contribution in [1.29, 1.82) is 0 Å². The molecular weight excluding hydrogens is 562 g/mol. The molecule has 2 amide bonds. The highest BCUT2D eigenvalue weighted by molar-refractivity contribution is 5.80. The second kappa shape index (κ2) is 15.8. The number of aliphatic hydroxyl groups excluding tert-OH is 1. The maximum absolute atomic E-state index is 12.1. The molecule has 10 nitrogen and oxygen atoms in total. The molecule has 2 aliphatic heterocycles. The van der Waals surface area contributed by atoms with Crippen molar-refractivity contribution < 1.29 is 33.6 Å².